The van der Waals surface area contributed by atoms with Crippen molar-refractivity contribution < 1.29 is 5.11 Å². The summed E-state index contributed by atoms with van der Waals surface area (Å²) in [6, 6.07) is 13.7. The van der Waals surface area contributed by atoms with Crippen molar-refractivity contribution in [1.82, 2.24) is 0 Å². The number of benzene rings is 2. The van der Waals surface area contributed by atoms with Crippen LogP contribution in [0.5, 0.6) is 0 Å². The van der Waals surface area contributed by atoms with E-state index in [1.54, 1.807) is 0 Å². The van der Waals surface area contributed by atoms with Crippen molar-refractivity contribution in [3.8, 4) is 0 Å². The molecular weight excluding hydrogens is 312 g/mol. The Hall–Kier alpha value is -0.830. The summed E-state index contributed by atoms with van der Waals surface area (Å²) < 4.78 is 0.810. The van der Waals surface area contributed by atoms with E-state index in [0.717, 1.165) is 15.6 Å². The zero-order valence-corrected chi connectivity index (χ0v) is 12.4. The van der Waals surface area contributed by atoms with Gasteiger partial charge in [-0.15, -0.1) is 0 Å². The molecule has 0 amide bonds. The number of hydrogen-bond acceptors (Lipinski definition) is 1. The molecule has 1 unspecified atom stereocenters. The van der Waals surface area contributed by atoms with Crippen molar-refractivity contribution in [2.75, 3.05) is 0 Å². The molecule has 0 aromatic heterocycles. The highest BCUT2D eigenvalue weighted by Gasteiger charge is 2.13. The first kappa shape index (κ1) is 13.6. The van der Waals surface area contributed by atoms with Crippen LogP contribution in [0.4, 0.5) is 0 Å². The molecule has 0 saturated heterocycles. The van der Waals surface area contributed by atoms with Gasteiger partial charge < -0.3 is 5.11 Å². The van der Waals surface area contributed by atoms with Gasteiger partial charge in [0, 0.05) is 16.5 Å². The SMILES string of the molecule is Cc1cccc(CC(O)c2cccc(Br)c2Cl)c1. The summed E-state index contributed by atoms with van der Waals surface area (Å²) in [4.78, 5) is 0. The first-order valence-electron chi connectivity index (χ1n) is 5.75. The van der Waals surface area contributed by atoms with Crippen molar-refractivity contribution in [2.24, 2.45) is 0 Å². The van der Waals surface area contributed by atoms with E-state index in [4.69, 9.17) is 11.6 Å². The third-order valence-electron chi connectivity index (χ3n) is 2.85. The highest BCUT2D eigenvalue weighted by molar-refractivity contribution is 9.10. The van der Waals surface area contributed by atoms with Gasteiger partial charge >= 0.3 is 0 Å². The third-order valence-corrected chi connectivity index (χ3v) is 4.16. The second-order valence-corrected chi connectivity index (χ2v) is 5.58. The number of aliphatic hydroxyl groups is 1. The molecule has 18 heavy (non-hydrogen) atoms. The Kier molecular flexibility index (Phi) is 4.44. The number of aryl methyl sites for hydroxylation is 1. The fourth-order valence-electron chi connectivity index (χ4n) is 1.95. The normalized spacial score (nSPS) is 12.4. The van der Waals surface area contributed by atoms with Crippen LogP contribution in [-0.4, -0.2) is 5.11 Å². The monoisotopic (exact) mass is 324 g/mol. The quantitative estimate of drug-likeness (QED) is 0.868. The minimum atomic E-state index is -0.586. The standard InChI is InChI=1S/C15H14BrClO/c1-10-4-2-5-11(8-10)9-14(18)12-6-3-7-13(16)15(12)17/h2-8,14,18H,9H2,1H3. The summed E-state index contributed by atoms with van der Waals surface area (Å²) in [6.07, 6.45) is -0.0190. The zero-order chi connectivity index (χ0) is 13.1. The van der Waals surface area contributed by atoms with Gasteiger partial charge in [0.1, 0.15) is 0 Å². The molecule has 0 aliphatic carbocycles. The Bertz CT molecular complexity index is 554. The average molecular weight is 326 g/mol. The van der Waals surface area contributed by atoms with Gasteiger partial charge in [0.05, 0.1) is 11.1 Å². The molecule has 0 aliphatic rings. The fraction of sp³-hybridized carbons (Fsp3) is 0.200. The van der Waals surface area contributed by atoms with Crippen LogP contribution in [0.3, 0.4) is 0 Å². The fourth-order valence-corrected chi connectivity index (χ4v) is 2.58. The molecule has 2 aromatic rings. The predicted molar refractivity (Wildman–Crippen MR) is 79.0 cm³/mol. The van der Waals surface area contributed by atoms with E-state index in [1.165, 1.54) is 5.56 Å². The maximum Gasteiger partial charge on any atom is 0.0845 e. The molecule has 1 N–H and O–H groups in total. The molecule has 94 valence electrons. The molecule has 0 fully saturated rings. The van der Waals surface area contributed by atoms with Crippen LogP contribution in [0.15, 0.2) is 46.9 Å². The lowest BCUT2D eigenvalue weighted by Crippen LogP contribution is -2.03. The maximum absolute atomic E-state index is 10.3. The van der Waals surface area contributed by atoms with Gasteiger partial charge in [0.15, 0.2) is 0 Å². The van der Waals surface area contributed by atoms with Gasteiger partial charge in [-0.05, 0) is 34.5 Å². The lowest BCUT2D eigenvalue weighted by molar-refractivity contribution is 0.178. The van der Waals surface area contributed by atoms with Gasteiger partial charge in [-0.2, -0.15) is 0 Å². The van der Waals surface area contributed by atoms with Crippen LogP contribution in [-0.2, 0) is 6.42 Å². The summed E-state index contributed by atoms with van der Waals surface area (Å²) in [5.74, 6) is 0. The van der Waals surface area contributed by atoms with E-state index in [-0.39, 0.29) is 0 Å². The van der Waals surface area contributed by atoms with Crippen LogP contribution < -0.4 is 0 Å². The van der Waals surface area contributed by atoms with Crippen molar-refractivity contribution in [3.05, 3.63) is 68.7 Å². The number of rotatable bonds is 3. The van der Waals surface area contributed by atoms with Crippen LogP contribution in [0.25, 0.3) is 0 Å². The molecule has 0 bridgehead atoms. The molecule has 2 aromatic carbocycles. The minimum absolute atomic E-state index is 0.567. The van der Waals surface area contributed by atoms with Crippen molar-refractivity contribution in [3.63, 3.8) is 0 Å². The van der Waals surface area contributed by atoms with E-state index in [2.05, 4.69) is 22.0 Å². The van der Waals surface area contributed by atoms with Gasteiger partial charge in [-0.3, -0.25) is 0 Å². The van der Waals surface area contributed by atoms with Gasteiger partial charge in [0.2, 0.25) is 0 Å². The Morgan fingerprint density at radius 3 is 2.67 bits per heavy atom. The van der Waals surface area contributed by atoms with Crippen molar-refractivity contribution in [2.45, 2.75) is 19.4 Å². The summed E-state index contributed by atoms with van der Waals surface area (Å²) in [5.41, 5.74) is 3.06. The summed E-state index contributed by atoms with van der Waals surface area (Å²) in [6.45, 7) is 2.04. The third kappa shape index (κ3) is 3.14. The lowest BCUT2D eigenvalue weighted by Gasteiger charge is -2.14. The molecule has 0 heterocycles. The van der Waals surface area contributed by atoms with Crippen molar-refractivity contribution in [1.29, 1.82) is 0 Å². The lowest BCUT2D eigenvalue weighted by atomic mass is 10.0. The van der Waals surface area contributed by atoms with Crippen LogP contribution in [0.1, 0.15) is 22.8 Å². The van der Waals surface area contributed by atoms with Gasteiger partial charge in [-0.1, -0.05) is 53.6 Å². The Labute approximate surface area is 121 Å². The largest absolute Gasteiger partial charge is 0.388 e. The topological polar surface area (TPSA) is 20.2 Å². The first-order chi connectivity index (χ1) is 8.58. The summed E-state index contributed by atoms with van der Waals surface area (Å²) in [7, 11) is 0. The molecule has 1 atom stereocenters. The van der Waals surface area contributed by atoms with E-state index in [0.29, 0.717) is 11.4 Å². The van der Waals surface area contributed by atoms with Crippen molar-refractivity contribution >= 4 is 27.5 Å². The smallest absolute Gasteiger partial charge is 0.0845 e. The van der Waals surface area contributed by atoms with E-state index >= 15 is 0 Å². The molecule has 0 spiro atoms. The predicted octanol–water partition coefficient (Wildman–Crippen LogP) is 4.69. The molecule has 1 nitrogen and oxygen atoms in total. The second-order valence-electron chi connectivity index (χ2n) is 4.35. The first-order valence-corrected chi connectivity index (χ1v) is 6.92. The number of hydrogen-bond donors (Lipinski definition) is 1. The molecule has 2 rings (SSSR count). The highest BCUT2D eigenvalue weighted by atomic mass is 79.9. The minimum Gasteiger partial charge on any atom is -0.388 e. The van der Waals surface area contributed by atoms with E-state index in [1.807, 2.05) is 43.3 Å². The zero-order valence-electron chi connectivity index (χ0n) is 10.0. The van der Waals surface area contributed by atoms with E-state index in [9.17, 15) is 5.11 Å². The van der Waals surface area contributed by atoms with Gasteiger partial charge in [-0.25, -0.2) is 0 Å². The second kappa shape index (κ2) is 5.87. The van der Waals surface area contributed by atoms with Crippen LogP contribution in [0, 0.1) is 6.92 Å². The average Bonchev–Trinajstić information content (AvgIpc) is 2.32. The molecule has 0 aliphatic heterocycles. The maximum atomic E-state index is 10.3. The van der Waals surface area contributed by atoms with Crippen LogP contribution >= 0.6 is 27.5 Å². The summed E-state index contributed by atoms with van der Waals surface area (Å²) >= 11 is 9.55. The number of aliphatic hydroxyl groups excluding tert-OH is 1. The Balaban J connectivity index is 2.22. The molecule has 0 radical (unpaired) electrons. The van der Waals surface area contributed by atoms with E-state index < -0.39 is 6.10 Å². The Morgan fingerprint density at radius 1 is 1.22 bits per heavy atom. The molecule has 3 heteroatoms. The van der Waals surface area contributed by atoms with Gasteiger partial charge in [0.25, 0.3) is 0 Å². The molecule has 0 saturated carbocycles. The Morgan fingerprint density at radius 2 is 1.94 bits per heavy atom. The highest BCUT2D eigenvalue weighted by Crippen LogP contribution is 2.31. The number of halogens is 2. The summed E-state index contributed by atoms with van der Waals surface area (Å²) in [5, 5.41) is 10.8. The molecular formula is C15H14BrClO. The van der Waals surface area contributed by atoms with Crippen LogP contribution in [0.2, 0.25) is 5.02 Å².